The lowest BCUT2D eigenvalue weighted by atomic mass is 10.1. The Morgan fingerprint density at radius 3 is 2.42 bits per heavy atom. The van der Waals surface area contributed by atoms with Crippen LogP contribution in [-0.2, 0) is 4.52 Å². The Balaban J connectivity index is 2.27. The molecule has 106 valence electrons. The topological polar surface area (TPSA) is 21.7 Å². The molecule has 0 saturated carbocycles. The molecular weight excluding hydrogens is 281 g/mol. The summed E-state index contributed by atoms with van der Waals surface area (Å²) >= 11 is 6.03. The summed E-state index contributed by atoms with van der Waals surface area (Å²) < 4.78 is 14.4. The van der Waals surface area contributed by atoms with Gasteiger partial charge in [-0.2, -0.15) is 0 Å². The third-order valence-corrected chi connectivity index (χ3v) is 5.47. The van der Waals surface area contributed by atoms with Gasteiger partial charge in [0.15, 0.2) is 0 Å². The zero-order chi connectivity index (χ0) is 14.2. The van der Waals surface area contributed by atoms with Crippen molar-refractivity contribution in [2.75, 3.05) is 0 Å². The highest BCUT2D eigenvalue weighted by Crippen LogP contribution is 2.55. The van der Waals surface area contributed by atoms with Gasteiger partial charge in [0.1, 0.15) is 5.75 Å². The molecule has 5 heteroatoms. The van der Waals surface area contributed by atoms with Gasteiger partial charge in [0, 0.05) is 22.7 Å². The van der Waals surface area contributed by atoms with Crippen molar-refractivity contribution in [3.05, 3.63) is 28.8 Å². The second-order valence-electron chi connectivity index (χ2n) is 5.33. The van der Waals surface area contributed by atoms with Crippen LogP contribution in [0.25, 0.3) is 0 Å². The zero-order valence-corrected chi connectivity index (χ0v) is 13.7. The van der Waals surface area contributed by atoms with Crippen LogP contribution in [0.5, 0.6) is 5.75 Å². The predicted octanol–water partition coefficient (Wildman–Crippen LogP) is 5.16. The van der Waals surface area contributed by atoms with Crippen molar-refractivity contribution in [1.29, 1.82) is 0 Å². The van der Waals surface area contributed by atoms with Crippen LogP contribution in [0.2, 0.25) is 5.02 Å². The van der Waals surface area contributed by atoms with Crippen molar-refractivity contribution >= 4 is 20.1 Å². The van der Waals surface area contributed by atoms with E-state index >= 15 is 0 Å². The predicted molar refractivity (Wildman–Crippen MR) is 80.6 cm³/mol. The minimum absolute atomic E-state index is 0.00793. The smallest absolute Gasteiger partial charge is 0.322 e. The third-order valence-electron chi connectivity index (χ3n) is 3.08. The van der Waals surface area contributed by atoms with Gasteiger partial charge in [-0.05, 0) is 52.8 Å². The minimum atomic E-state index is -1.06. The maximum atomic E-state index is 6.06. The molecule has 0 radical (unpaired) electrons. The molecule has 2 atom stereocenters. The van der Waals surface area contributed by atoms with Crippen molar-refractivity contribution in [2.24, 2.45) is 0 Å². The minimum Gasteiger partial charge on any atom is -0.435 e. The molecule has 0 bridgehead atoms. The van der Waals surface area contributed by atoms with Crippen LogP contribution >= 0.6 is 20.1 Å². The fourth-order valence-corrected chi connectivity index (χ4v) is 4.19. The van der Waals surface area contributed by atoms with E-state index in [0.29, 0.717) is 17.1 Å². The quantitative estimate of drug-likeness (QED) is 0.720. The van der Waals surface area contributed by atoms with Crippen molar-refractivity contribution in [2.45, 2.75) is 52.8 Å². The summed E-state index contributed by atoms with van der Waals surface area (Å²) in [5.74, 6) is 0.889. The third kappa shape index (κ3) is 3.22. The SMILES string of the molecule is CC1OP(N(C(C)C)C(C)C)Oc2ccc(Cl)cc21. The van der Waals surface area contributed by atoms with Gasteiger partial charge in [-0.3, -0.25) is 0 Å². The number of fused-ring (bicyclic) bond motifs is 1. The number of benzene rings is 1. The van der Waals surface area contributed by atoms with Crippen LogP contribution in [-0.4, -0.2) is 16.8 Å². The molecule has 2 rings (SSSR count). The fourth-order valence-electron chi connectivity index (χ4n) is 2.29. The van der Waals surface area contributed by atoms with Gasteiger partial charge in [0.2, 0.25) is 0 Å². The summed E-state index contributed by atoms with van der Waals surface area (Å²) in [4.78, 5) is 0. The Labute approximate surface area is 121 Å². The summed E-state index contributed by atoms with van der Waals surface area (Å²) in [7, 11) is -1.06. The standard InChI is InChI=1S/C14H21ClNO2P/c1-9(2)16(10(3)4)19-17-11(5)13-8-12(15)6-7-14(13)18-19/h6-11H,1-5H3. The largest absolute Gasteiger partial charge is 0.435 e. The van der Waals surface area contributed by atoms with E-state index in [2.05, 4.69) is 32.4 Å². The van der Waals surface area contributed by atoms with Crippen LogP contribution in [0, 0.1) is 0 Å². The Morgan fingerprint density at radius 1 is 1.21 bits per heavy atom. The molecule has 1 heterocycles. The molecule has 0 aromatic heterocycles. The fraction of sp³-hybridized carbons (Fsp3) is 0.571. The second kappa shape index (κ2) is 5.97. The average Bonchev–Trinajstić information content (AvgIpc) is 2.29. The maximum absolute atomic E-state index is 6.06. The Bertz CT molecular complexity index is 445. The Kier molecular flexibility index (Phi) is 4.73. The summed E-state index contributed by atoms with van der Waals surface area (Å²) in [6.45, 7) is 10.7. The average molecular weight is 302 g/mol. The van der Waals surface area contributed by atoms with E-state index in [1.165, 1.54) is 0 Å². The van der Waals surface area contributed by atoms with Crippen molar-refractivity contribution in [1.82, 2.24) is 4.67 Å². The van der Waals surface area contributed by atoms with Gasteiger partial charge in [0.05, 0.1) is 6.10 Å². The second-order valence-corrected chi connectivity index (χ2v) is 7.09. The van der Waals surface area contributed by atoms with E-state index in [-0.39, 0.29) is 6.10 Å². The first-order valence-electron chi connectivity index (χ1n) is 6.62. The molecular formula is C14H21ClNO2P. The molecule has 0 saturated heterocycles. The number of hydrogen-bond donors (Lipinski definition) is 0. The van der Waals surface area contributed by atoms with Gasteiger partial charge in [-0.1, -0.05) is 11.6 Å². The van der Waals surface area contributed by atoms with Gasteiger partial charge < -0.3 is 9.05 Å². The molecule has 0 aliphatic carbocycles. The molecule has 1 aliphatic heterocycles. The van der Waals surface area contributed by atoms with Crippen LogP contribution in [0.1, 0.15) is 46.3 Å². The van der Waals surface area contributed by atoms with E-state index in [1.807, 2.05) is 25.1 Å². The highest BCUT2D eigenvalue weighted by Gasteiger charge is 2.35. The summed E-state index contributed by atoms with van der Waals surface area (Å²) in [5.41, 5.74) is 1.03. The van der Waals surface area contributed by atoms with Gasteiger partial charge in [-0.15, -0.1) is 0 Å². The monoisotopic (exact) mass is 301 g/mol. The van der Waals surface area contributed by atoms with E-state index in [4.69, 9.17) is 20.6 Å². The Morgan fingerprint density at radius 2 is 1.84 bits per heavy atom. The van der Waals surface area contributed by atoms with Gasteiger partial charge in [0.25, 0.3) is 0 Å². The number of nitrogens with zero attached hydrogens (tertiary/aromatic N) is 1. The summed E-state index contributed by atoms with van der Waals surface area (Å²) in [6.07, 6.45) is 0.00793. The molecule has 0 spiro atoms. The van der Waals surface area contributed by atoms with E-state index in [0.717, 1.165) is 11.3 Å². The lowest BCUT2D eigenvalue weighted by Gasteiger charge is -2.39. The van der Waals surface area contributed by atoms with Crippen molar-refractivity contribution in [3.8, 4) is 5.75 Å². The van der Waals surface area contributed by atoms with Crippen LogP contribution in [0.15, 0.2) is 18.2 Å². The van der Waals surface area contributed by atoms with E-state index in [9.17, 15) is 0 Å². The van der Waals surface area contributed by atoms with Crippen molar-refractivity contribution < 1.29 is 9.05 Å². The van der Waals surface area contributed by atoms with Gasteiger partial charge in [-0.25, -0.2) is 4.67 Å². The summed E-state index contributed by atoms with van der Waals surface area (Å²) in [6, 6.07) is 6.48. The Hall–Kier alpha value is -0.340. The number of hydrogen-bond acceptors (Lipinski definition) is 3. The van der Waals surface area contributed by atoms with Crippen LogP contribution < -0.4 is 4.52 Å². The first-order chi connectivity index (χ1) is 8.90. The number of rotatable bonds is 3. The molecule has 0 fully saturated rings. The lowest BCUT2D eigenvalue weighted by Crippen LogP contribution is -2.35. The van der Waals surface area contributed by atoms with Crippen LogP contribution in [0.3, 0.4) is 0 Å². The first kappa shape index (κ1) is 15.1. The van der Waals surface area contributed by atoms with E-state index in [1.54, 1.807) is 0 Å². The molecule has 1 aromatic rings. The molecule has 0 amide bonds. The molecule has 0 N–H and O–H groups in total. The highest BCUT2D eigenvalue weighted by atomic mass is 35.5. The lowest BCUT2D eigenvalue weighted by molar-refractivity contribution is 0.155. The van der Waals surface area contributed by atoms with Crippen molar-refractivity contribution in [3.63, 3.8) is 0 Å². The molecule has 3 nitrogen and oxygen atoms in total. The highest BCUT2D eigenvalue weighted by molar-refractivity contribution is 7.45. The molecule has 2 unspecified atom stereocenters. The number of halogens is 1. The molecule has 19 heavy (non-hydrogen) atoms. The molecule has 1 aliphatic rings. The normalized spacial score (nSPS) is 22.8. The zero-order valence-electron chi connectivity index (χ0n) is 12.1. The summed E-state index contributed by atoms with van der Waals surface area (Å²) in [5, 5.41) is 0.716. The van der Waals surface area contributed by atoms with E-state index < -0.39 is 8.53 Å². The van der Waals surface area contributed by atoms with Crippen LogP contribution in [0.4, 0.5) is 0 Å². The van der Waals surface area contributed by atoms with Gasteiger partial charge >= 0.3 is 8.53 Å². The molecule has 1 aromatic carbocycles. The first-order valence-corrected chi connectivity index (χ1v) is 8.13. The maximum Gasteiger partial charge on any atom is 0.322 e.